The zero-order valence-electron chi connectivity index (χ0n) is 18.5. The quantitative estimate of drug-likeness (QED) is 0.449. The van der Waals surface area contributed by atoms with E-state index in [0.29, 0.717) is 23.8 Å². The van der Waals surface area contributed by atoms with E-state index in [1.807, 2.05) is 23.7 Å². The molecule has 2 aliphatic heterocycles. The van der Waals surface area contributed by atoms with Crippen LogP contribution in [0.3, 0.4) is 0 Å². The van der Waals surface area contributed by atoms with Gasteiger partial charge >= 0.3 is 0 Å². The Morgan fingerprint density at radius 2 is 1.79 bits per heavy atom. The van der Waals surface area contributed by atoms with Gasteiger partial charge in [0, 0.05) is 66.2 Å². The molecule has 178 valence electrons. The number of amides is 1. The lowest BCUT2D eigenvalue weighted by Crippen LogP contribution is -2.42. The summed E-state index contributed by atoms with van der Waals surface area (Å²) in [5.41, 5.74) is 3.29. The molecule has 0 bridgehead atoms. The fourth-order valence-electron chi connectivity index (χ4n) is 4.27. The number of anilines is 1. The lowest BCUT2D eigenvalue weighted by molar-refractivity contribution is -0.0494. The average molecular weight is 504 g/mol. The molecule has 0 unspecified atom stereocenters. The van der Waals surface area contributed by atoms with E-state index in [1.165, 1.54) is 4.90 Å². The van der Waals surface area contributed by atoms with Gasteiger partial charge in [0.2, 0.25) is 0 Å². The van der Waals surface area contributed by atoms with Crippen molar-refractivity contribution in [2.45, 2.75) is 18.8 Å². The molecule has 0 radical (unpaired) electrons. The number of thiophene rings is 1. The zero-order valence-corrected chi connectivity index (χ0v) is 20.0. The zero-order chi connectivity index (χ0) is 23.7. The molecule has 2 aliphatic rings. The molecular formula is C25H24ClF2N3O2S. The second-order valence-electron chi connectivity index (χ2n) is 8.54. The Labute approximate surface area is 205 Å². The van der Waals surface area contributed by atoms with Gasteiger partial charge in [-0.2, -0.15) is 0 Å². The highest BCUT2D eigenvalue weighted by Gasteiger charge is 2.35. The van der Waals surface area contributed by atoms with Crippen molar-refractivity contribution in [3.05, 3.63) is 58.6 Å². The van der Waals surface area contributed by atoms with Crippen LogP contribution in [0, 0.1) is 0 Å². The van der Waals surface area contributed by atoms with E-state index in [2.05, 4.69) is 22.0 Å². The van der Waals surface area contributed by atoms with Crippen LogP contribution in [0.2, 0.25) is 5.02 Å². The normalized spacial score (nSPS) is 18.2. The van der Waals surface area contributed by atoms with Crippen LogP contribution in [0.1, 0.15) is 23.2 Å². The van der Waals surface area contributed by atoms with Gasteiger partial charge in [-0.3, -0.25) is 4.79 Å². The molecule has 0 atom stereocenters. The van der Waals surface area contributed by atoms with Crippen molar-refractivity contribution in [2.24, 2.45) is 0 Å². The smallest absolute Gasteiger partial charge is 0.253 e. The summed E-state index contributed by atoms with van der Waals surface area (Å²) >= 11 is 8.18. The van der Waals surface area contributed by atoms with Crippen molar-refractivity contribution >= 4 is 34.7 Å². The third-order valence-electron chi connectivity index (χ3n) is 6.27. The molecule has 2 saturated heterocycles. The maximum atomic E-state index is 13.4. The first kappa shape index (κ1) is 23.2. The van der Waals surface area contributed by atoms with E-state index in [0.717, 1.165) is 40.5 Å². The Morgan fingerprint density at radius 1 is 1.03 bits per heavy atom. The number of likely N-dealkylation sites (tertiary alicyclic amines) is 1. The summed E-state index contributed by atoms with van der Waals surface area (Å²) in [5, 5.41) is 2.50. The highest BCUT2D eigenvalue weighted by molar-refractivity contribution is 7.14. The number of carbonyl (C=O) groups excluding carboxylic acids is 1. The first-order chi connectivity index (χ1) is 16.4. The van der Waals surface area contributed by atoms with Crippen molar-refractivity contribution in [1.29, 1.82) is 0 Å². The molecule has 3 aromatic rings. The van der Waals surface area contributed by atoms with Gasteiger partial charge in [-0.15, -0.1) is 11.3 Å². The number of morpholine rings is 1. The predicted molar refractivity (Wildman–Crippen MR) is 131 cm³/mol. The Morgan fingerprint density at radius 3 is 2.53 bits per heavy atom. The molecule has 2 aromatic heterocycles. The van der Waals surface area contributed by atoms with Gasteiger partial charge in [-0.05, 0) is 46.8 Å². The number of hydrogen-bond acceptors (Lipinski definition) is 5. The number of rotatable bonds is 4. The van der Waals surface area contributed by atoms with Gasteiger partial charge in [-0.25, -0.2) is 13.8 Å². The number of hydrogen-bond donors (Lipinski definition) is 0. The van der Waals surface area contributed by atoms with Crippen LogP contribution < -0.4 is 4.90 Å². The van der Waals surface area contributed by atoms with Gasteiger partial charge in [0.15, 0.2) is 0 Å². The van der Waals surface area contributed by atoms with Crippen molar-refractivity contribution in [3.8, 4) is 21.6 Å². The van der Waals surface area contributed by atoms with E-state index < -0.39 is 5.92 Å². The SMILES string of the molecule is O=C(c1ccc(-c2csc(-c3ccnc(N4CCOCC4)c3)c2)c(Cl)c1)N1CCC(F)(F)CC1. The first-order valence-corrected chi connectivity index (χ1v) is 12.5. The fourth-order valence-corrected chi connectivity index (χ4v) is 5.46. The average Bonchev–Trinajstić information content (AvgIpc) is 3.34. The number of nitrogens with zero attached hydrogens (tertiary/aromatic N) is 3. The highest BCUT2D eigenvalue weighted by atomic mass is 35.5. The van der Waals surface area contributed by atoms with E-state index >= 15 is 0 Å². The van der Waals surface area contributed by atoms with Crippen molar-refractivity contribution in [2.75, 3.05) is 44.3 Å². The van der Waals surface area contributed by atoms with Gasteiger partial charge < -0.3 is 14.5 Å². The second-order valence-corrected chi connectivity index (χ2v) is 9.86. The highest BCUT2D eigenvalue weighted by Crippen LogP contribution is 2.37. The van der Waals surface area contributed by atoms with E-state index in [-0.39, 0.29) is 31.8 Å². The Hall–Kier alpha value is -2.55. The number of carbonyl (C=O) groups is 1. The van der Waals surface area contributed by atoms with Crippen LogP contribution in [0.15, 0.2) is 48.0 Å². The molecule has 0 spiro atoms. The molecule has 0 N–H and O–H groups in total. The second kappa shape index (κ2) is 9.60. The molecule has 34 heavy (non-hydrogen) atoms. The lowest BCUT2D eigenvalue weighted by Gasteiger charge is -2.31. The molecular weight excluding hydrogens is 480 g/mol. The summed E-state index contributed by atoms with van der Waals surface area (Å²) in [5.74, 6) is -2.01. The van der Waals surface area contributed by atoms with E-state index in [1.54, 1.807) is 23.5 Å². The van der Waals surface area contributed by atoms with Gasteiger partial charge in [0.1, 0.15) is 5.82 Å². The number of ether oxygens (including phenoxy) is 1. The topological polar surface area (TPSA) is 45.7 Å². The molecule has 0 saturated carbocycles. The molecule has 1 amide bonds. The summed E-state index contributed by atoms with van der Waals surface area (Å²) in [7, 11) is 0. The molecule has 2 fully saturated rings. The monoisotopic (exact) mass is 503 g/mol. The first-order valence-electron chi connectivity index (χ1n) is 11.2. The maximum absolute atomic E-state index is 13.4. The van der Waals surface area contributed by atoms with Gasteiger partial charge in [0.05, 0.1) is 13.2 Å². The third-order valence-corrected chi connectivity index (χ3v) is 7.57. The summed E-state index contributed by atoms with van der Waals surface area (Å²) in [4.78, 5) is 22.1. The van der Waals surface area contributed by atoms with Gasteiger partial charge in [0.25, 0.3) is 11.8 Å². The molecule has 0 aliphatic carbocycles. The third kappa shape index (κ3) is 4.94. The maximum Gasteiger partial charge on any atom is 0.253 e. The van der Waals surface area contributed by atoms with Crippen LogP contribution in [-0.2, 0) is 4.74 Å². The van der Waals surface area contributed by atoms with Crippen LogP contribution in [0.4, 0.5) is 14.6 Å². The summed E-state index contributed by atoms with van der Waals surface area (Å²) in [6.45, 7) is 3.17. The van der Waals surface area contributed by atoms with Crippen LogP contribution in [0.25, 0.3) is 21.6 Å². The Bertz CT molecular complexity index is 1190. The minimum absolute atomic E-state index is 0.0530. The predicted octanol–water partition coefficient (Wildman–Crippen LogP) is 5.84. The van der Waals surface area contributed by atoms with Crippen LogP contribution in [-0.4, -0.2) is 61.1 Å². The van der Waals surface area contributed by atoms with Crippen LogP contribution in [0.5, 0.6) is 0 Å². The molecule has 1 aromatic carbocycles. The summed E-state index contributed by atoms with van der Waals surface area (Å²) in [6.07, 6.45) is 1.22. The lowest BCUT2D eigenvalue weighted by atomic mass is 10.0. The standard InChI is InChI=1S/C25H24ClF2N3O2S/c26-21-13-18(24(32)31-7-4-25(27,28)5-8-31)1-2-20(21)19-14-22(34-16-19)17-3-6-29-23(15-17)30-9-11-33-12-10-30/h1-3,6,13-16H,4-5,7-12H2. The number of benzene rings is 1. The molecule has 4 heterocycles. The van der Waals surface area contributed by atoms with E-state index in [4.69, 9.17) is 16.3 Å². The minimum atomic E-state index is -2.69. The van der Waals surface area contributed by atoms with Crippen LogP contribution >= 0.6 is 22.9 Å². The number of piperidine rings is 1. The molecule has 9 heteroatoms. The number of pyridine rings is 1. The number of alkyl halides is 2. The number of halogens is 3. The number of aromatic nitrogens is 1. The minimum Gasteiger partial charge on any atom is -0.378 e. The fraction of sp³-hybridized carbons (Fsp3) is 0.360. The molecule has 5 rings (SSSR count). The van der Waals surface area contributed by atoms with Crippen molar-refractivity contribution < 1.29 is 18.3 Å². The Kier molecular flexibility index (Phi) is 6.55. The van der Waals surface area contributed by atoms with Crippen molar-refractivity contribution in [3.63, 3.8) is 0 Å². The summed E-state index contributed by atoms with van der Waals surface area (Å²) < 4.78 is 32.3. The van der Waals surface area contributed by atoms with Gasteiger partial charge in [-0.1, -0.05) is 17.7 Å². The largest absolute Gasteiger partial charge is 0.378 e. The van der Waals surface area contributed by atoms with E-state index in [9.17, 15) is 13.6 Å². The Balaban J connectivity index is 1.33. The molecule has 5 nitrogen and oxygen atoms in total. The van der Waals surface area contributed by atoms with Crippen molar-refractivity contribution in [1.82, 2.24) is 9.88 Å². The summed E-state index contributed by atoms with van der Waals surface area (Å²) in [6, 6.07) is 11.3.